The van der Waals surface area contributed by atoms with Crippen LogP contribution in [0.1, 0.15) is 5.56 Å². The molecule has 0 saturated carbocycles. The van der Waals surface area contributed by atoms with Crippen molar-refractivity contribution in [3.8, 4) is 28.3 Å². The van der Waals surface area contributed by atoms with Gasteiger partial charge in [0.25, 0.3) is 0 Å². The van der Waals surface area contributed by atoms with Crippen molar-refractivity contribution < 1.29 is 5.11 Å². The van der Waals surface area contributed by atoms with E-state index in [2.05, 4.69) is 47.8 Å². The topological polar surface area (TPSA) is 54.2 Å². The van der Waals surface area contributed by atoms with Gasteiger partial charge in [-0.1, -0.05) is 30.3 Å². The van der Waals surface area contributed by atoms with Gasteiger partial charge in [-0.15, -0.1) is 0 Å². The average Bonchev–Trinajstić information content (AvgIpc) is 3.15. The predicted molar refractivity (Wildman–Crippen MR) is 113 cm³/mol. The Kier molecular flexibility index (Phi) is 3.72. The third-order valence-corrected chi connectivity index (χ3v) is 5.20. The van der Waals surface area contributed by atoms with Crippen molar-refractivity contribution in [3.63, 3.8) is 0 Å². The Morgan fingerprint density at radius 3 is 2.57 bits per heavy atom. The number of rotatable bonds is 2. The molecular formula is C22H19BN4O. The van der Waals surface area contributed by atoms with E-state index in [-0.39, 0.29) is 12.7 Å². The predicted octanol–water partition coefficient (Wildman–Crippen LogP) is 4.74. The summed E-state index contributed by atoms with van der Waals surface area (Å²) in [5, 5.41) is 15.1. The number of fused-ring (bicyclic) bond motifs is 3. The van der Waals surface area contributed by atoms with Crippen LogP contribution in [-0.2, 0) is 0 Å². The molecule has 6 heteroatoms. The zero-order valence-corrected chi connectivity index (χ0v) is 15.7. The SMILES string of the molecule is CB1N(c2cc(C)ccn2)c2cc(O)ccc2-c2cc(-c3ccccc3)nn21. The lowest BCUT2D eigenvalue weighted by molar-refractivity contribution is 0.475. The molecule has 0 radical (unpaired) electrons. The molecule has 1 aliphatic rings. The van der Waals surface area contributed by atoms with E-state index in [0.717, 1.165) is 39.6 Å². The second-order valence-corrected chi connectivity index (χ2v) is 7.12. The van der Waals surface area contributed by atoms with Crippen molar-refractivity contribution in [1.29, 1.82) is 0 Å². The van der Waals surface area contributed by atoms with Crippen LogP contribution in [-0.4, -0.2) is 26.8 Å². The molecule has 28 heavy (non-hydrogen) atoms. The molecule has 1 N–H and O–H groups in total. The molecule has 0 unspecified atom stereocenters. The number of aryl methyl sites for hydroxylation is 1. The van der Waals surface area contributed by atoms with Gasteiger partial charge in [0, 0.05) is 29.1 Å². The molecule has 0 fully saturated rings. The standard InChI is InChI=1S/C22H19BN4O/c1-15-10-11-24-22(12-15)26-20-13-17(28)8-9-18(20)21-14-19(25-27(21)23(26)2)16-6-4-3-5-7-16/h3-14,28H,1-2H3. The van der Waals surface area contributed by atoms with Gasteiger partial charge in [0.1, 0.15) is 11.6 Å². The fraction of sp³-hybridized carbons (Fsp3) is 0.0909. The summed E-state index contributed by atoms with van der Waals surface area (Å²) in [5.74, 6) is 1.07. The second kappa shape index (κ2) is 6.27. The molecule has 2 aromatic heterocycles. The molecule has 1 aliphatic heterocycles. The van der Waals surface area contributed by atoms with E-state index in [4.69, 9.17) is 5.10 Å². The largest absolute Gasteiger partial charge is 0.508 e. The number of phenols is 1. The normalized spacial score (nSPS) is 12.6. The smallest absolute Gasteiger partial charge is 0.401 e. The van der Waals surface area contributed by atoms with E-state index in [1.165, 1.54) is 0 Å². The van der Waals surface area contributed by atoms with Crippen LogP contribution in [0.15, 0.2) is 72.9 Å². The Morgan fingerprint density at radius 2 is 1.79 bits per heavy atom. The summed E-state index contributed by atoms with van der Waals surface area (Å²) < 4.78 is 2.03. The van der Waals surface area contributed by atoms with Crippen LogP contribution in [0, 0.1) is 6.92 Å². The summed E-state index contributed by atoms with van der Waals surface area (Å²) in [5.41, 5.74) is 6.13. The lowest BCUT2D eigenvalue weighted by Gasteiger charge is -2.35. The molecule has 136 valence electrons. The van der Waals surface area contributed by atoms with Gasteiger partial charge in [0.05, 0.1) is 11.4 Å². The molecule has 0 aliphatic carbocycles. The summed E-state index contributed by atoms with van der Waals surface area (Å²) in [6, 6.07) is 21.8. The highest BCUT2D eigenvalue weighted by Gasteiger charge is 2.35. The first-order valence-electron chi connectivity index (χ1n) is 9.32. The monoisotopic (exact) mass is 366 g/mol. The Bertz CT molecular complexity index is 1170. The Balaban J connectivity index is 1.73. The van der Waals surface area contributed by atoms with E-state index in [9.17, 15) is 5.11 Å². The van der Waals surface area contributed by atoms with Crippen LogP contribution in [0.4, 0.5) is 11.5 Å². The Morgan fingerprint density at radius 1 is 0.964 bits per heavy atom. The zero-order chi connectivity index (χ0) is 19.3. The molecule has 3 heterocycles. The number of hydrogen-bond donors (Lipinski definition) is 1. The van der Waals surface area contributed by atoms with E-state index < -0.39 is 0 Å². The maximum Gasteiger partial charge on any atom is 0.401 e. The zero-order valence-electron chi connectivity index (χ0n) is 15.7. The molecule has 0 spiro atoms. The van der Waals surface area contributed by atoms with Gasteiger partial charge >= 0.3 is 6.98 Å². The fourth-order valence-corrected chi connectivity index (χ4v) is 3.84. The van der Waals surface area contributed by atoms with Crippen molar-refractivity contribution in [1.82, 2.24) is 14.7 Å². The second-order valence-electron chi connectivity index (χ2n) is 7.12. The van der Waals surface area contributed by atoms with Crippen LogP contribution in [0.3, 0.4) is 0 Å². The number of anilines is 2. The van der Waals surface area contributed by atoms with Gasteiger partial charge in [0.2, 0.25) is 0 Å². The molecular weight excluding hydrogens is 347 g/mol. The molecule has 0 saturated heterocycles. The number of phenolic OH excluding ortho intramolecular Hbond substituents is 1. The number of aromatic nitrogens is 3. The first-order valence-corrected chi connectivity index (χ1v) is 9.32. The van der Waals surface area contributed by atoms with E-state index in [0.29, 0.717) is 0 Å². The van der Waals surface area contributed by atoms with E-state index in [1.807, 2.05) is 41.1 Å². The maximum absolute atomic E-state index is 10.2. The van der Waals surface area contributed by atoms with Crippen LogP contribution in [0.2, 0.25) is 6.82 Å². The van der Waals surface area contributed by atoms with E-state index >= 15 is 0 Å². The molecule has 5 nitrogen and oxygen atoms in total. The highest BCUT2D eigenvalue weighted by molar-refractivity contribution is 6.63. The van der Waals surface area contributed by atoms with Gasteiger partial charge in [-0.25, -0.2) is 4.98 Å². The molecule has 2 aromatic carbocycles. The molecule has 0 bridgehead atoms. The maximum atomic E-state index is 10.2. The van der Waals surface area contributed by atoms with Gasteiger partial charge in [-0.3, -0.25) is 4.59 Å². The summed E-state index contributed by atoms with van der Waals surface area (Å²) >= 11 is 0. The number of benzene rings is 2. The van der Waals surface area contributed by atoms with Crippen molar-refractivity contribution >= 4 is 18.5 Å². The minimum absolute atomic E-state index is 0.0870. The van der Waals surface area contributed by atoms with Crippen molar-refractivity contribution in [2.45, 2.75) is 13.7 Å². The third kappa shape index (κ3) is 2.57. The first kappa shape index (κ1) is 16.6. The third-order valence-electron chi connectivity index (χ3n) is 5.20. The minimum atomic E-state index is -0.0870. The van der Waals surface area contributed by atoms with E-state index in [1.54, 1.807) is 12.1 Å². The van der Waals surface area contributed by atoms with Crippen molar-refractivity contribution in [3.05, 3.63) is 78.5 Å². The van der Waals surface area contributed by atoms with Gasteiger partial charge < -0.3 is 9.92 Å². The van der Waals surface area contributed by atoms with Crippen LogP contribution in [0.5, 0.6) is 5.75 Å². The highest BCUT2D eigenvalue weighted by Crippen LogP contribution is 2.42. The minimum Gasteiger partial charge on any atom is -0.508 e. The Hall–Kier alpha value is -3.54. The van der Waals surface area contributed by atoms with Crippen molar-refractivity contribution in [2.24, 2.45) is 0 Å². The van der Waals surface area contributed by atoms with Crippen LogP contribution < -0.4 is 4.81 Å². The van der Waals surface area contributed by atoms with Gasteiger partial charge in [-0.05, 0) is 49.6 Å². The summed E-state index contributed by atoms with van der Waals surface area (Å²) in [6.07, 6.45) is 1.81. The molecule has 0 amide bonds. The number of pyridine rings is 1. The fourth-order valence-electron chi connectivity index (χ4n) is 3.84. The molecule has 0 atom stereocenters. The summed E-state index contributed by atoms with van der Waals surface area (Å²) in [4.78, 5) is 6.71. The number of hydrogen-bond acceptors (Lipinski definition) is 4. The lowest BCUT2D eigenvalue weighted by Crippen LogP contribution is -2.44. The van der Waals surface area contributed by atoms with Gasteiger partial charge in [-0.2, -0.15) is 5.10 Å². The van der Waals surface area contributed by atoms with Gasteiger partial charge in [0.15, 0.2) is 0 Å². The summed E-state index contributed by atoms with van der Waals surface area (Å²) in [7, 11) is 0. The average molecular weight is 366 g/mol. The Labute approximate surface area is 164 Å². The summed E-state index contributed by atoms with van der Waals surface area (Å²) in [6.45, 7) is 4.06. The molecule has 5 rings (SSSR count). The number of aromatic hydroxyl groups is 1. The van der Waals surface area contributed by atoms with Crippen molar-refractivity contribution in [2.75, 3.05) is 4.81 Å². The number of nitrogens with zero attached hydrogens (tertiary/aromatic N) is 4. The van der Waals surface area contributed by atoms with Crippen LogP contribution in [0.25, 0.3) is 22.5 Å². The molecule has 4 aromatic rings. The quantitative estimate of drug-likeness (QED) is 0.521. The lowest BCUT2D eigenvalue weighted by atomic mass is 9.73. The van der Waals surface area contributed by atoms with Crippen LogP contribution >= 0.6 is 0 Å². The highest BCUT2D eigenvalue weighted by atomic mass is 16.3. The first-order chi connectivity index (χ1) is 13.6.